The number of carbonyl (C=O) groups is 1. The van der Waals surface area contributed by atoms with Crippen LogP contribution in [0.15, 0.2) is 64.2 Å². The molecule has 0 atom stereocenters. The van der Waals surface area contributed by atoms with Crippen molar-refractivity contribution in [1.29, 1.82) is 0 Å². The Morgan fingerprint density at radius 3 is 2.71 bits per heavy atom. The second-order valence-corrected chi connectivity index (χ2v) is 9.66. The maximum atomic E-state index is 12.7. The van der Waals surface area contributed by atoms with Crippen LogP contribution in [-0.4, -0.2) is 46.9 Å². The summed E-state index contributed by atoms with van der Waals surface area (Å²) in [7, 11) is -3.43. The van der Waals surface area contributed by atoms with Crippen LogP contribution in [0.4, 0.5) is 11.4 Å². The van der Waals surface area contributed by atoms with Gasteiger partial charge in [-0.2, -0.15) is 0 Å². The number of fused-ring (bicyclic) bond motifs is 3. The van der Waals surface area contributed by atoms with Crippen molar-refractivity contribution in [3.8, 4) is 17.1 Å². The number of anilines is 2. The second-order valence-electron chi connectivity index (χ2n) is 6.90. The summed E-state index contributed by atoms with van der Waals surface area (Å²) in [6.07, 6.45) is 2.98. The number of nitrogens with zero attached hydrogens (tertiary/aromatic N) is 4. The molecule has 2 aliphatic heterocycles. The number of aromatic nitrogens is 2. The quantitative estimate of drug-likeness (QED) is 0.620. The zero-order chi connectivity index (χ0) is 21.6. The van der Waals surface area contributed by atoms with E-state index in [2.05, 4.69) is 19.7 Å². The molecule has 2 N–H and O–H groups in total. The van der Waals surface area contributed by atoms with E-state index in [1.54, 1.807) is 42.5 Å². The minimum Gasteiger partial charge on any atom is -0.508 e. The first-order valence-electron chi connectivity index (χ1n) is 9.23. The minimum atomic E-state index is -3.43. The number of sulfonamides is 1. The molecular weight excluding hydrogens is 438 g/mol. The number of amides is 1. The molecule has 0 spiro atoms. The highest BCUT2D eigenvalue weighted by Crippen LogP contribution is 2.42. The highest BCUT2D eigenvalue weighted by molar-refractivity contribution is 8.15. The Hall–Kier alpha value is -3.44. The maximum Gasteiger partial charge on any atom is 0.257 e. The van der Waals surface area contributed by atoms with E-state index < -0.39 is 10.0 Å². The van der Waals surface area contributed by atoms with Gasteiger partial charge in [0, 0.05) is 22.6 Å². The van der Waals surface area contributed by atoms with Gasteiger partial charge < -0.3 is 15.3 Å². The first kappa shape index (κ1) is 19.5. The molecule has 0 fully saturated rings. The predicted octanol–water partition coefficient (Wildman–Crippen LogP) is 2.71. The normalized spacial score (nSPS) is 16.3. The van der Waals surface area contributed by atoms with Gasteiger partial charge in [-0.1, -0.05) is 12.1 Å². The van der Waals surface area contributed by atoms with E-state index in [1.807, 2.05) is 4.90 Å². The van der Waals surface area contributed by atoms with E-state index in [9.17, 15) is 18.3 Å². The molecule has 0 unspecified atom stereocenters. The van der Waals surface area contributed by atoms with Crippen LogP contribution < -0.4 is 10.2 Å². The number of hydrogen-bond acceptors (Lipinski definition) is 8. The van der Waals surface area contributed by atoms with Crippen molar-refractivity contribution in [2.75, 3.05) is 22.5 Å². The number of hydrogen-bond donors (Lipinski definition) is 2. The van der Waals surface area contributed by atoms with Crippen molar-refractivity contribution in [3.63, 3.8) is 0 Å². The topological polar surface area (TPSA) is 125 Å². The molecule has 3 aromatic rings. The average molecular weight is 454 g/mol. The molecule has 11 heteroatoms. The van der Waals surface area contributed by atoms with E-state index in [4.69, 9.17) is 0 Å². The molecule has 0 aliphatic carbocycles. The van der Waals surface area contributed by atoms with E-state index in [0.717, 1.165) is 10.6 Å². The zero-order valence-corrected chi connectivity index (χ0v) is 17.5. The molecule has 5 rings (SSSR count). The number of rotatable bonds is 3. The van der Waals surface area contributed by atoms with Crippen molar-refractivity contribution in [2.45, 2.75) is 4.90 Å². The molecule has 0 saturated carbocycles. The molecule has 0 radical (unpaired) electrons. The van der Waals surface area contributed by atoms with Crippen LogP contribution in [0.1, 0.15) is 10.4 Å². The SMILES string of the molecule is O=C(Nc1cnc(-c2cccc(O)c2)nc1)c1ccc2c(c1)SC1=NS(=O)(=O)CCN12. The smallest absolute Gasteiger partial charge is 0.257 e. The van der Waals surface area contributed by atoms with Crippen LogP contribution in [-0.2, 0) is 10.0 Å². The highest BCUT2D eigenvalue weighted by atomic mass is 32.2. The highest BCUT2D eigenvalue weighted by Gasteiger charge is 2.33. The third-order valence-corrected chi connectivity index (χ3v) is 7.06. The lowest BCUT2D eigenvalue weighted by atomic mass is 10.1. The first-order valence-corrected chi connectivity index (χ1v) is 11.7. The summed E-state index contributed by atoms with van der Waals surface area (Å²) in [5.41, 5.74) is 2.35. The van der Waals surface area contributed by atoms with Crippen LogP contribution >= 0.6 is 11.8 Å². The van der Waals surface area contributed by atoms with Crippen LogP contribution in [0.2, 0.25) is 0 Å². The predicted molar refractivity (Wildman–Crippen MR) is 118 cm³/mol. The standard InChI is InChI=1S/C20H15N5O4S2/c26-15-3-1-2-12(8-15)18-21-10-14(11-22-18)23-19(27)13-4-5-16-17(9-13)30-20-24-31(28,29)7-6-25(16)20/h1-5,8-11,26H,6-7H2,(H,23,27). The lowest BCUT2D eigenvalue weighted by Crippen LogP contribution is -2.35. The van der Waals surface area contributed by atoms with Crippen molar-refractivity contribution < 1.29 is 18.3 Å². The Morgan fingerprint density at radius 1 is 1.13 bits per heavy atom. The third kappa shape index (κ3) is 3.84. The molecule has 9 nitrogen and oxygen atoms in total. The molecular formula is C20H15N5O4S2. The van der Waals surface area contributed by atoms with Crippen LogP contribution in [0.25, 0.3) is 11.4 Å². The average Bonchev–Trinajstić information content (AvgIpc) is 3.09. The summed E-state index contributed by atoms with van der Waals surface area (Å²) in [5, 5.41) is 12.7. The lowest BCUT2D eigenvalue weighted by molar-refractivity contribution is 0.102. The fraction of sp³-hybridized carbons (Fsp3) is 0.100. The van der Waals surface area contributed by atoms with Gasteiger partial charge in [-0.25, -0.2) is 18.4 Å². The summed E-state index contributed by atoms with van der Waals surface area (Å²) in [6.45, 7) is 0.343. The Morgan fingerprint density at radius 2 is 1.94 bits per heavy atom. The van der Waals surface area contributed by atoms with Gasteiger partial charge in [0.2, 0.25) is 0 Å². The second kappa shape index (κ2) is 7.36. The van der Waals surface area contributed by atoms with E-state index in [1.165, 1.54) is 24.2 Å². The molecule has 1 amide bonds. The Bertz CT molecular complexity index is 1340. The number of benzene rings is 2. The maximum absolute atomic E-state index is 12.7. The van der Waals surface area contributed by atoms with Crippen molar-refractivity contribution in [2.24, 2.45) is 4.40 Å². The van der Waals surface area contributed by atoms with Gasteiger partial charge in [-0.3, -0.25) is 4.79 Å². The van der Waals surface area contributed by atoms with Gasteiger partial charge in [-0.15, -0.1) is 4.40 Å². The Kier molecular flexibility index (Phi) is 4.63. The monoisotopic (exact) mass is 453 g/mol. The van der Waals surface area contributed by atoms with Gasteiger partial charge >= 0.3 is 0 Å². The van der Waals surface area contributed by atoms with Gasteiger partial charge in [0.1, 0.15) is 5.75 Å². The van der Waals surface area contributed by atoms with Gasteiger partial charge in [0.15, 0.2) is 11.0 Å². The van der Waals surface area contributed by atoms with Gasteiger partial charge in [0.05, 0.1) is 29.5 Å². The summed E-state index contributed by atoms with van der Waals surface area (Å²) in [5.74, 6) is 0.177. The molecule has 0 saturated heterocycles. The first-order chi connectivity index (χ1) is 14.9. The van der Waals surface area contributed by atoms with Gasteiger partial charge in [-0.05, 0) is 42.1 Å². The van der Waals surface area contributed by atoms with Crippen LogP contribution in [0.3, 0.4) is 0 Å². The fourth-order valence-electron chi connectivity index (χ4n) is 3.26. The van der Waals surface area contributed by atoms with Crippen LogP contribution in [0.5, 0.6) is 5.75 Å². The fourth-order valence-corrected chi connectivity index (χ4v) is 5.56. The van der Waals surface area contributed by atoms with Crippen molar-refractivity contribution in [1.82, 2.24) is 9.97 Å². The number of thioether (sulfide) groups is 1. The largest absolute Gasteiger partial charge is 0.508 e. The Labute approximate surface area is 181 Å². The molecule has 31 heavy (non-hydrogen) atoms. The number of nitrogens with one attached hydrogen (secondary N) is 1. The summed E-state index contributed by atoms with van der Waals surface area (Å²) in [6, 6.07) is 11.8. The van der Waals surface area contributed by atoms with Crippen molar-refractivity contribution in [3.05, 3.63) is 60.4 Å². The molecule has 0 bridgehead atoms. The number of phenolic OH excluding ortho intramolecular Hbond substituents is 1. The number of aromatic hydroxyl groups is 1. The zero-order valence-electron chi connectivity index (χ0n) is 15.9. The lowest BCUT2D eigenvalue weighted by Gasteiger charge is -2.22. The summed E-state index contributed by atoms with van der Waals surface area (Å²) >= 11 is 1.23. The van der Waals surface area contributed by atoms with E-state index in [0.29, 0.717) is 34.4 Å². The summed E-state index contributed by atoms with van der Waals surface area (Å²) < 4.78 is 27.3. The number of amidine groups is 1. The molecule has 156 valence electrons. The molecule has 2 aromatic carbocycles. The van der Waals surface area contributed by atoms with E-state index in [-0.39, 0.29) is 17.4 Å². The van der Waals surface area contributed by atoms with E-state index >= 15 is 0 Å². The van der Waals surface area contributed by atoms with Gasteiger partial charge in [0.25, 0.3) is 15.9 Å². The third-order valence-electron chi connectivity index (χ3n) is 4.75. The van der Waals surface area contributed by atoms with Crippen LogP contribution in [0, 0.1) is 0 Å². The molecule has 2 aliphatic rings. The number of carbonyl (C=O) groups excluding carboxylic acids is 1. The molecule has 3 heterocycles. The Balaban J connectivity index is 1.33. The van der Waals surface area contributed by atoms with Crippen molar-refractivity contribution >= 4 is 44.2 Å². The minimum absolute atomic E-state index is 0.0304. The molecule has 1 aromatic heterocycles. The summed E-state index contributed by atoms with van der Waals surface area (Å²) in [4.78, 5) is 23.8. The number of phenols is 1.